The average Bonchev–Trinajstić information content (AvgIpc) is 2.38. The number of halogens is 1. The number of nitrogens with zero attached hydrogens (tertiary/aromatic N) is 2. The first-order chi connectivity index (χ1) is 8.90. The number of nitrogens with two attached hydrogens (primary N) is 1. The SMILES string of the molecule is CCN(C)CCNS(=O)(=O)c1cnc(NN)c(Cl)c1. The van der Waals surface area contributed by atoms with E-state index < -0.39 is 10.0 Å². The van der Waals surface area contributed by atoms with Crippen molar-refractivity contribution in [3.05, 3.63) is 17.3 Å². The number of nitrogens with one attached hydrogen (secondary N) is 2. The van der Waals surface area contributed by atoms with E-state index in [0.717, 1.165) is 6.54 Å². The Morgan fingerprint density at radius 1 is 1.53 bits per heavy atom. The minimum atomic E-state index is -3.60. The summed E-state index contributed by atoms with van der Waals surface area (Å²) < 4.78 is 26.4. The Kier molecular flexibility index (Phi) is 5.95. The van der Waals surface area contributed by atoms with Crippen LogP contribution in [0.2, 0.25) is 5.02 Å². The zero-order valence-electron chi connectivity index (χ0n) is 10.9. The van der Waals surface area contributed by atoms with Crippen LogP contribution in [0.5, 0.6) is 0 Å². The minimum Gasteiger partial charge on any atom is -0.307 e. The van der Waals surface area contributed by atoms with Crippen LogP contribution in [0.3, 0.4) is 0 Å². The van der Waals surface area contributed by atoms with E-state index in [1.807, 2.05) is 18.9 Å². The van der Waals surface area contributed by atoms with E-state index in [1.54, 1.807) is 0 Å². The molecule has 1 heterocycles. The third-order valence-corrected chi connectivity index (χ3v) is 4.30. The van der Waals surface area contributed by atoms with Crippen LogP contribution in [-0.2, 0) is 10.0 Å². The van der Waals surface area contributed by atoms with Crippen LogP contribution in [-0.4, -0.2) is 45.0 Å². The number of anilines is 1. The van der Waals surface area contributed by atoms with Gasteiger partial charge in [0, 0.05) is 19.3 Å². The normalized spacial score (nSPS) is 11.8. The number of nitrogen functional groups attached to an aromatic ring is 1. The van der Waals surface area contributed by atoms with E-state index in [1.165, 1.54) is 12.3 Å². The van der Waals surface area contributed by atoms with E-state index in [-0.39, 0.29) is 15.7 Å². The molecule has 0 radical (unpaired) electrons. The molecule has 0 fully saturated rings. The first-order valence-corrected chi connectivity index (χ1v) is 7.57. The van der Waals surface area contributed by atoms with Crippen molar-refractivity contribution >= 4 is 27.4 Å². The number of rotatable bonds is 7. The Bertz CT molecular complexity index is 523. The lowest BCUT2D eigenvalue weighted by Gasteiger charge is -2.14. The van der Waals surface area contributed by atoms with Crippen LogP contribution in [0.25, 0.3) is 0 Å². The molecule has 0 atom stereocenters. The van der Waals surface area contributed by atoms with Gasteiger partial charge in [0.25, 0.3) is 0 Å². The quantitative estimate of drug-likeness (QED) is 0.493. The number of pyridine rings is 1. The van der Waals surface area contributed by atoms with Crippen molar-refractivity contribution in [2.24, 2.45) is 5.84 Å². The predicted molar refractivity (Wildman–Crippen MR) is 75.4 cm³/mol. The number of hydrogen-bond donors (Lipinski definition) is 3. The Hall–Kier alpha value is -0.930. The molecule has 0 saturated carbocycles. The van der Waals surface area contributed by atoms with Crippen molar-refractivity contribution in [2.75, 3.05) is 32.1 Å². The van der Waals surface area contributed by atoms with Gasteiger partial charge >= 0.3 is 0 Å². The summed E-state index contributed by atoms with van der Waals surface area (Å²) in [6.07, 6.45) is 1.20. The third-order valence-electron chi connectivity index (χ3n) is 2.59. The Balaban J connectivity index is 2.75. The van der Waals surface area contributed by atoms with Gasteiger partial charge in [0.05, 0.1) is 5.02 Å². The van der Waals surface area contributed by atoms with Gasteiger partial charge in [-0.05, 0) is 19.7 Å². The summed E-state index contributed by atoms with van der Waals surface area (Å²) in [5.41, 5.74) is 2.27. The van der Waals surface area contributed by atoms with E-state index in [9.17, 15) is 8.42 Å². The zero-order chi connectivity index (χ0) is 14.5. The first-order valence-electron chi connectivity index (χ1n) is 5.71. The van der Waals surface area contributed by atoms with Gasteiger partial charge in [-0.15, -0.1) is 0 Å². The lowest BCUT2D eigenvalue weighted by molar-refractivity contribution is 0.358. The Morgan fingerprint density at radius 3 is 2.74 bits per heavy atom. The van der Waals surface area contributed by atoms with Gasteiger partial charge in [-0.2, -0.15) is 0 Å². The summed E-state index contributed by atoms with van der Waals surface area (Å²) in [6, 6.07) is 1.30. The molecule has 1 rings (SSSR count). The molecule has 0 bridgehead atoms. The fourth-order valence-electron chi connectivity index (χ4n) is 1.29. The van der Waals surface area contributed by atoms with E-state index in [0.29, 0.717) is 13.1 Å². The molecule has 0 spiro atoms. The number of sulfonamides is 1. The van der Waals surface area contributed by atoms with Gasteiger partial charge in [0.15, 0.2) is 5.82 Å². The molecule has 0 amide bonds. The summed E-state index contributed by atoms with van der Waals surface area (Å²) in [4.78, 5) is 5.83. The Labute approximate surface area is 118 Å². The van der Waals surface area contributed by atoms with Gasteiger partial charge in [-0.1, -0.05) is 18.5 Å². The van der Waals surface area contributed by atoms with Crippen molar-refractivity contribution < 1.29 is 8.42 Å². The molecule has 1 aromatic rings. The topological polar surface area (TPSA) is 100 Å². The van der Waals surface area contributed by atoms with Crippen LogP contribution >= 0.6 is 11.6 Å². The molecular weight excluding hydrogens is 290 g/mol. The van der Waals surface area contributed by atoms with Gasteiger partial charge in [-0.25, -0.2) is 24.0 Å². The molecule has 19 heavy (non-hydrogen) atoms. The number of hydrazine groups is 1. The lowest BCUT2D eigenvalue weighted by atomic mass is 10.5. The molecule has 4 N–H and O–H groups in total. The first kappa shape index (κ1) is 16.1. The molecule has 0 unspecified atom stereocenters. The smallest absolute Gasteiger partial charge is 0.242 e. The highest BCUT2D eigenvalue weighted by Gasteiger charge is 2.16. The molecule has 7 nitrogen and oxygen atoms in total. The molecule has 0 aliphatic carbocycles. The van der Waals surface area contributed by atoms with Gasteiger partial charge < -0.3 is 10.3 Å². The van der Waals surface area contributed by atoms with Crippen molar-refractivity contribution in [1.82, 2.24) is 14.6 Å². The largest absolute Gasteiger partial charge is 0.307 e. The second-order valence-electron chi connectivity index (χ2n) is 3.94. The molecule has 0 aromatic carbocycles. The lowest BCUT2D eigenvalue weighted by Crippen LogP contribution is -2.33. The summed E-state index contributed by atoms with van der Waals surface area (Å²) in [7, 11) is -1.69. The van der Waals surface area contributed by atoms with Crippen molar-refractivity contribution in [2.45, 2.75) is 11.8 Å². The van der Waals surface area contributed by atoms with Crippen LogP contribution in [0.4, 0.5) is 5.82 Å². The van der Waals surface area contributed by atoms with Gasteiger partial charge in [-0.3, -0.25) is 0 Å². The Morgan fingerprint density at radius 2 is 2.21 bits per heavy atom. The molecule has 108 valence electrons. The summed E-state index contributed by atoms with van der Waals surface area (Å²) >= 11 is 5.84. The predicted octanol–water partition coefficient (Wildman–Crippen LogP) is 0.251. The summed E-state index contributed by atoms with van der Waals surface area (Å²) in [6.45, 7) is 3.79. The maximum atomic E-state index is 12.0. The molecule has 9 heteroatoms. The molecule has 0 saturated heterocycles. The summed E-state index contributed by atoms with van der Waals surface area (Å²) in [5.74, 6) is 5.40. The van der Waals surface area contributed by atoms with Crippen molar-refractivity contribution in [3.63, 3.8) is 0 Å². The highest BCUT2D eigenvalue weighted by atomic mass is 35.5. The second-order valence-corrected chi connectivity index (χ2v) is 6.11. The average molecular weight is 308 g/mol. The number of aromatic nitrogens is 1. The fourth-order valence-corrected chi connectivity index (χ4v) is 2.56. The van der Waals surface area contributed by atoms with Crippen molar-refractivity contribution in [3.8, 4) is 0 Å². The fraction of sp³-hybridized carbons (Fsp3) is 0.500. The molecule has 0 aliphatic heterocycles. The van der Waals surface area contributed by atoms with Crippen molar-refractivity contribution in [1.29, 1.82) is 0 Å². The second kappa shape index (κ2) is 7.01. The minimum absolute atomic E-state index is 0.00986. The highest BCUT2D eigenvalue weighted by molar-refractivity contribution is 7.89. The van der Waals surface area contributed by atoms with Gasteiger partial charge in [0.1, 0.15) is 4.90 Å². The molecular formula is C10H18ClN5O2S. The molecule has 1 aromatic heterocycles. The van der Waals surface area contributed by atoms with E-state index in [4.69, 9.17) is 17.4 Å². The maximum absolute atomic E-state index is 12.0. The van der Waals surface area contributed by atoms with Crippen LogP contribution < -0.4 is 16.0 Å². The van der Waals surface area contributed by atoms with E-state index >= 15 is 0 Å². The summed E-state index contributed by atoms with van der Waals surface area (Å²) in [5, 5.41) is 0.149. The van der Waals surface area contributed by atoms with Crippen LogP contribution in [0.1, 0.15) is 6.92 Å². The van der Waals surface area contributed by atoms with Gasteiger partial charge in [0.2, 0.25) is 10.0 Å². The third kappa shape index (κ3) is 4.59. The van der Waals surface area contributed by atoms with E-state index in [2.05, 4.69) is 15.1 Å². The van der Waals surface area contributed by atoms with Crippen LogP contribution in [0.15, 0.2) is 17.2 Å². The van der Waals surface area contributed by atoms with Crippen LogP contribution in [0, 0.1) is 0 Å². The monoisotopic (exact) mass is 307 g/mol. The molecule has 0 aliphatic rings. The zero-order valence-corrected chi connectivity index (χ0v) is 12.4. The standard InChI is InChI=1S/C10H18ClN5O2S/c1-3-16(2)5-4-14-19(17,18)8-6-9(11)10(15-12)13-7-8/h6-7,14H,3-5,12H2,1-2H3,(H,13,15). The number of likely N-dealkylation sites (N-methyl/N-ethyl adjacent to an activating group) is 1. The number of hydrogen-bond acceptors (Lipinski definition) is 6. The maximum Gasteiger partial charge on any atom is 0.242 e. The highest BCUT2D eigenvalue weighted by Crippen LogP contribution is 2.21.